The van der Waals surface area contributed by atoms with E-state index in [2.05, 4.69) is 215 Å². The Balaban J connectivity index is 1.11. The molecule has 304 valence electrons. The molecule has 13 aromatic rings. The first-order chi connectivity index (χ1) is 32.2. The minimum atomic E-state index is 0.537. The van der Waals surface area contributed by atoms with Crippen LogP contribution in [0.25, 0.3) is 121 Å². The number of para-hydroxylation sites is 2. The normalized spacial score (nSPS) is 11.7. The molecule has 0 bridgehead atoms. The molecule has 0 N–H and O–H groups in total. The van der Waals surface area contributed by atoms with Gasteiger partial charge in [-0.25, -0.2) is 9.97 Å². The van der Waals surface area contributed by atoms with Gasteiger partial charge in [-0.1, -0.05) is 182 Å². The second-order valence-corrected chi connectivity index (χ2v) is 17.2. The molecule has 0 aliphatic carbocycles. The fourth-order valence-electron chi connectivity index (χ4n) is 9.42. The molecular weight excluding hydrogens is 813 g/mol. The van der Waals surface area contributed by atoms with Crippen LogP contribution in [0.1, 0.15) is 0 Å². The molecule has 0 aliphatic rings. The lowest BCUT2D eigenvalue weighted by atomic mass is 10.0. The van der Waals surface area contributed by atoms with Crippen LogP contribution in [-0.2, 0) is 0 Å². The number of aromatic nitrogens is 6. The van der Waals surface area contributed by atoms with Crippen molar-refractivity contribution in [1.29, 1.82) is 0 Å². The van der Waals surface area contributed by atoms with Gasteiger partial charge >= 0.3 is 0 Å². The van der Waals surface area contributed by atoms with Crippen molar-refractivity contribution < 1.29 is 0 Å². The largest absolute Gasteiger partial charge is 0.307 e. The fraction of sp³-hybridized carbons (Fsp3) is 0. The lowest BCUT2D eigenvalue weighted by Gasteiger charge is -2.14. The highest BCUT2D eigenvalue weighted by Crippen LogP contribution is 2.43. The number of nitrogens with zero attached hydrogens (tertiary/aromatic N) is 6. The minimum Gasteiger partial charge on any atom is -0.307 e. The summed E-state index contributed by atoms with van der Waals surface area (Å²) in [4.78, 5) is 21.4. The molecule has 0 amide bonds. The van der Waals surface area contributed by atoms with E-state index in [1.807, 2.05) is 12.1 Å². The zero-order valence-corrected chi connectivity index (χ0v) is 35.7. The van der Waals surface area contributed by atoms with Gasteiger partial charge in [0.25, 0.3) is 0 Å². The van der Waals surface area contributed by atoms with E-state index in [1.54, 1.807) is 11.3 Å². The Morgan fingerprint density at radius 1 is 0.338 bits per heavy atom. The van der Waals surface area contributed by atoms with E-state index >= 15 is 0 Å². The molecular formula is C58H36N6S. The van der Waals surface area contributed by atoms with Crippen molar-refractivity contribution in [1.82, 2.24) is 29.1 Å². The standard InChI is InChI=1S/C58H36N6S/c1-4-16-37(17-5-1)39-30-32-40(33-31-39)55-60-56(48-26-15-27-49-54(48)65-57(59-49)41-20-8-3-9-21-41)62-58(61-55)64-51-29-13-11-25-45(51)47-35-34-46-44-24-10-12-28-50(44)63(52(46)53(47)64)43-23-14-22-42(36-43)38-18-6-2-7-19-38/h1-36H. The van der Waals surface area contributed by atoms with Gasteiger partial charge in [0, 0.05) is 43.9 Å². The number of fused-ring (bicyclic) bond motifs is 8. The predicted octanol–water partition coefficient (Wildman–Crippen LogP) is 15.0. The third kappa shape index (κ3) is 6.16. The van der Waals surface area contributed by atoms with Crippen LogP contribution >= 0.6 is 11.3 Å². The van der Waals surface area contributed by atoms with Crippen LogP contribution in [0.3, 0.4) is 0 Å². The Kier molecular flexibility index (Phi) is 8.60. The van der Waals surface area contributed by atoms with Crippen molar-refractivity contribution >= 4 is 65.2 Å². The molecule has 7 heteroatoms. The Hall–Kier alpha value is -8.52. The van der Waals surface area contributed by atoms with Gasteiger partial charge in [-0.3, -0.25) is 4.57 Å². The topological polar surface area (TPSA) is 61.4 Å². The lowest BCUT2D eigenvalue weighted by Crippen LogP contribution is -2.07. The smallest absolute Gasteiger partial charge is 0.238 e. The second-order valence-electron chi connectivity index (χ2n) is 16.2. The number of thiazole rings is 1. The summed E-state index contributed by atoms with van der Waals surface area (Å²) in [6.45, 7) is 0. The van der Waals surface area contributed by atoms with Gasteiger partial charge < -0.3 is 4.57 Å². The summed E-state index contributed by atoms with van der Waals surface area (Å²) < 4.78 is 5.71. The van der Waals surface area contributed by atoms with Crippen LogP contribution in [0.2, 0.25) is 0 Å². The Labute approximate surface area is 378 Å². The third-order valence-electron chi connectivity index (χ3n) is 12.4. The highest BCUT2D eigenvalue weighted by molar-refractivity contribution is 7.22. The van der Waals surface area contributed by atoms with Gasteiger partial charge in [-0.05, 0) is 58.7 Å². The van der Waals surface area contributed by atoms with Crippen molar-refractivity contribution in [2.45, 2.75) is 0 Å². The van der Waals surface area contributed by atoms with E-state index in [9.17, 15) is 0 Å². The number of hydrogen-bond donors (Lipinski definition) is 0. The summed E-state index contributed by atoms with van der Waals surface area (Å²) in [5, 5.41) is 5.51. The number of hydrogen-bond acceptors (Lipinski definition) is 5. The third-order valence-corrected chi connectivity index (χ3v) is 13.6. The van der Waals surface area contributed by atoms with Crippen LogP contribution in [-0.4, -0.2) is 29.1 Å². The van der Waals surface area contributed by atoms with Crippen LogP contribution < -0.4 is 0 Å². The van der Waals surface area contributed by atoms with Crippen molar-refractivity contribution in [2.75, 3.05) is 0 Å². The maximum atomic E-state index is 5.50. The molecule has 65 heavy (non-hydrogen) atoms. The molecule has 0 saturated carbocycles. The van der Waals surface area contributed by atoms with E-state index in [4.69, 9.17) is 19.9 Å². The van der Waals surface area contributed by atoms with E-state index in [0.29, 0.717) is 17.6 Å². The molecule has 0 atom stereocenters. The summed E-state index contributed by atoms with van der Waals surface area (Å²) in [6.07, 6.45) is 0. The van der Waals surface area contributed by atoms with Crippen LogP contribution in [0.15, 0.2) is 218 Å². The zero-order valence-electron chi connectivity index (χ0n) is 34.9. The number of rotatable bonds is 7. The van der Waals surface area contributed by atoms with E-state index < -0.39 is 0 Å². The van der Waals surface area contributed by atoms with E-state index in [0.717, 1.165) is 92.5 Å². The van der Waals surface area contributed by atoms with Crippen molar-refractivity contribution in [2.24, 2.45) is 0 Å². The minimum absolute atomic E-state index is 0.537. The quantitative estimate of drug-likeness (QED) is 0.160. The summed E-state index contributed by atoms with van der Waals surface area (Å²) in [5.74, 6) is 1.71. The SMILES string of the molecule is c1ccc(-c2ccc(-c3nc(-c4cccc5nc(-c6ccccc6)sc45)nc(-n4c5ccccc5c5ccc6c7ccccc7n(-c7cccc(-c8ccccc8)c7)c6c54)n3)cc2)cc1. The van der Waals surface area contributed by atoms with Crippen LogP contribution in [0.5, 0.6) is 0 Å². The Bertz CT molecular complexity index is 3930. The van der Waals surface area contributed by atoms with Gasteiger partial charge in [-0.2, -0.15) is 9.97 Å². The molecule has 0 radical (unpaired) electrons. The average molecular weight is 849 g/mol. The maximum Gasteiger partial charge on any atom is 0.238 e. The maximum absolute atomic E-state index is 5.50. The first-order valence-corrected chi connectivity index (χ1v) is 22.5. The second kappa shape index (κ2) is 15.1. The molecule has 13 rings (SSSR count). The van der Waals surface area contributed by atoms with Gasteiger partial charge in [0.05, 0.1) is 32.3 Å². The monoisotopic (exact) mass is 848 g/mol. The predicted molar refractivity (Wildman–Crippen MR) is 269 cm³/mol. The van der Waals surface area contributed by atoms with Gasteiger partial charge in [0.1, 0.15) is 5.01 Å². The fourth-order valence-corrected chi connectivity index (χ4v) is 10.5. The lowest BCUT2D eigenvalue weighted by molar-refractivity contribution is 0.954. The molecule has 6 nitrogen and oxygen atoms in total. The van der Waals surface area contributed by atoms with Gasteiger partial charge in [0.2, 0.25) is 5.95 Å². The highest BCUT2D eigenvalue weighted by atomic mass is 32.1. The molecule has 4 aromatic heterocycles. The Morgan fingerprint density at radius 3 is 1.55 bits per heavy atom. The average Bonchev–Trinajstić information content (AvgIpc) is 4.08. The molecule has 4 heterocycles. The zero-order chi connectivity index (χ0) is 42.8. The molecule has 0 aliphatic heterocycles. The first kappa shape index (κ1) is 37.1. The molecule has 0 spiro atoms. The van der Waals surface area contributed by atoms with Crippen molar-refractivity contribution in [3.05, 3.63) is 218 Å². The molecule has 9 aromatic carbocycles. The molecule has 0 saturated heterocycles. The Morgan fingerprint density at radius 2 is 0.862 bits per heavy atom. The summed E-state index contributed by atoms with van der Waals surface area (Å²) in [7, 11) is 0. The van der Waals surface area contributed by atoms with E-state index in [1.165, 1.54) is 10.9 Å². The number of benzene rings is 9. The summed E-state index contributed by atoms with van der Waals surface area (Å²) >= 11 is 1.66. The highest BCUT2D eigenvalue weighted by Gasteiger charge is 2.24. The molecule has 0 fully saturated rings. The first-order valence-electron chi connectivity index (χ1n) is 21.7. The van der Waals surface area contributed by atoms with Gasteiger partial charge in [-0.15, -0.1) is 11.3 Å². The molecule has 0 unspecified atom stereocenters. The van der Waals surface area contributed by atoms with E-state index in [-0.39, 0.29) is 0 Å². The van der Waals surface area contributed by atoms with Crippen LogP contribution in [0.4, 0.5) is 0 Å². The summed E-state index contributed by atoms with van der Waals surface area (Å²) in [5.41, 5.74) is 13.7. The summed E-state index contributed by atoms with van der Waals surface area (Å²) in [6, 6.07) is 76.9. The van der Waals surface area contributed by atoms with Crippen molar-refractivity contribution in [3.8, 4) is 67.2 Å². The van der Waals surface area contributed by atoms with Crippen LogP contribution in [0, 0.1) is 0 Å². The van der Waals surface area contributed by atoms with Crippen molar-refractivity contribution in [3.63, 3.8) is 0 Å². The van der Waals surface area contributed by atoms with Gasteiger partial charge in [0.15, 0.2) is 11.6 Å².